The maximum atomic E-state index is 12.7. The van der Waals surface area contributed by atoms with E-state index in [-0.39, 0.29) is 18.0 Å². The first-order valence-corrected chi connectivity index (χ1v) is 12.6. The van der Waals surface area contributed by atoms with Crippen LogP contribution in [0, 0.1) is 23.2 Å². The molecule has 1 saturated carbocycles. The van der Waals surface area contributed by atoms with Crippen LogP contribution in [0.25, 0.3) is 22.3 Å². The fourth-order valence-electron chi connectivity index (χ4n) is 4.88. The summed E-state index contributed by atoms with van der Waals surface area (Å²) in [6, 6.07) is 12.4. The van der Waals surface area contributed by atoms with Crippen LogP contribution in [0.4, 0.5) is 11.6 Å². The zero-order valence-electron chi connectivity index (χ0n) is 21.3. The van der Waals surface area contributed by atoms with Crippen molar-refractivity contribution in [3.05, 3.63) is 60.0 Å². The maximum absolute atomic E-state index is 12.7. The van der Waals surface area contributed by atoms with E-state index in [4.69, 9.17) is 16.1 Å². The van der Waals surface area contributed by atoms with Gasteiger partial charge in [-0.2, -0.15) is 10.4 Å². The highest BCUT2D eigenvalue weighted by Crippen LogP contribution is 2.36. The van der Waals surface area contributed by atoms with Crippen molar-refractivity contribution in [1.82, 2.24) is 30.0 Å². The minimum atomic E-state index is -0.828. The Kier molecular flexibility index (Phi) is 7.46. The Bertz CT molecular complexity index is 1600. The molecule has 1 unspecified atom stereocenters. The molecule has 1 amide bonds. The number of nitrogen functional groups attached to an aromatic ring is 1. The summed E-state index contributed by atoms with van der Waals surface area (Å²) in [7, 11) is 0. The fraction of sp³-hybridized carbons (Fsp3) is 0.286. The molecule has 0 bridgehead atoms. The van der Waals surface area contributed by atoms with Crippen molar-refractivity contribution in [1.29, 1.82) is 5.26 Å². The van der Waals surface area contributed by atoms with E-state index in [9.17, 15) is 9.90 Å². The lowest BCUT2D eigenvalue weighted by molar-refractivity contribution is 0.102. The summed E-state index contributed by atoms with van der Waals surface area (Å²) in [6.45, 7) is 1.70. The molecule has 5 N–H and O–H groups in total. The minimum Gasteiger partial charge on any atom is -0.383 e. The number of amides is 1. The molecule has 0 saturated heterocycles. The van der Waals surface area contributed by atoms with Crippen LogP contribution in [0.15, 0.2) is 48.9 Å². The lowest BCUT2D eigenvalue weighted by Gasteiger charge is -2.30. The van der Waals surface area contributed by atoms with Gasteiger partial charge in [0, 0.05) is 23.4 Å². The Morgan fingerprint density at radius 2 is 1.92 bits per heavy atom. The Balaban J connectivity index is 1.37. The van der Waals surface area contributed by atoms with Gasteiger partial charge in [-0.1, -0.05) is 18.1 Å². The van der Waals surface area contributed by atoms with Crippen LogP contribution < -0.4 is 16.4 Å². The van der Waals surface area contributed by atoms with Crippen LogP contribution in [-0.4, -0.2) is 48.0 Å². The zero-order chi connectivity index (χ0) is 27.4. The number of carbonyl (C=O) groups excluding carboxylic acids is 1. The van der Waals surface area contributed by atoms with Crippen LogP contribution in [0.2, 0.25) is 0 Å². The normalized spacial score (nSPS) is 17.6. The van der Waals surface area contributed by atoms with E-state index >= 15 is 0 Å². The molecule has 11 heteroatoms. The summed E-state index contributed by atoms with van der Waals surface area (Å²) in [5, 5.41) is 30.5. The van der Waals surface area contributed by atoms with Crippen LogP contribution in [0.5, 0.6) is 0 Å². The number of hydrogen-bond acceptors (Lipinski definition) is 9. The molecule has 0 radical (unpaired) electrons. The highest BCUT2D eigenvalue weighted by Gasteiger charge is 2.27. The summed E-state index contributed by atoms with van der Waals surface area (Å²) in [6.07, 6.45) is 5.51. The Morgan fingerprint density at radius 1 is 1.15 bits per heavy atom. The summed E-state index contributed by atoms with van der Waals surface area (Å²) in [5.41, 5.74) is 9.20. The second kappa shape index (κ2) is 11.3. The largest absolute Gasteiger partial charge is 0.383 e. The molecule has 1 atom stereocenters. The van der Waals surface area contributed by atoms with Crippen molar-refractivity contribution >= 4 is 28.6 Å². The van der Waals surface area contributed by atoms with E-state index < -0.39 is 6.23 Å². The lowest BCUT2D eigenvalue weighted by Crippen LogP contribution is -2.40. The predicted octanol–water partition coefficient (Wildman–Crippen LogP) is 3.01. The number of nitrogens with zero attached hydrogens (tertiary/aromatic N) is 6. The number of nitrogens with one attached hydrogen (secondary N) is 2. The van der Waals surface area contributed by atoms with Crippen LogP contribution >= 0.6 is 0 Å². The van der Waals surface area contributed by atoms with Crippen molar-refractivity contribution in [3.8, 4) is 29.2 Å². The molecule has 5 rings (SSSR count). The molecular formula is C28H27N9O2. The van der Waals surface area contributed by atoms with Gasteiger partial charge in [-0.25, -0.2) is 19.6 Å². The van der Waals surface area contributed by atoms with E-state index in [0.717, 1.165) is 31.2 Å². The van der Waals surface area contributed by atoms with E-state index in [1.54, 1.807) is 25.1 Å². The number of pyridine rings is 1. The first kappa shape index (κ1) is 25.8. The first-order valence-electron chi connectivity index (χ1n) is 12.6. The zero-order valence-corrected chi connectivity index (χ0v) is 21.3. The number of anilines is 2. The number of benzene rings is 1. The Hall–Kier alpha value is -4.84. The van der Waals surface area contributed by atoms with Crippen molar-refractivity contribution < 1.29 is 9.90 Å². The number of aliphatic hydroxyl groups excluding tert-OH is 1. The van der Waals surface area contributed by atoms with Crippen LogP contribution in [0.3, 0.4) is 0 Å². The number of nitrogens with two attached hydrogens (primary N) is 1. The molecule has 39 heavy (non-hydrogen) atoms. The second-order valence-corrected chi connectivity index (χ2v) is 9.29. The molecule has 11 nitrogen and oxygen atoms in total. The maximum Gasteiger partial charge on any atom is 0.256 e. The van der Waals surface area contributed by atoms with E-state index in [2.05, 4.69) is 37.4 Å². The SMILES string of the molecule is CC#CC(O)NC1CCC(n2nc(-c3ccc(C(=O)Nc4cc(C#N)ccn4)cc3)c3c(N)ncnc32)CC1. The summed E-state index contributed by atoms with van der Waals surface area (Å²) in [5.74, 6) is 5.74. The van der Waals surface area contributed by atoms with Crippen molar-refractivity contribution in [2.75, 3.05) is 11.1 Å². The molecule has 1 aromatic carbocycles. The molecule has 3 aromatic heterocycles. The van der Waals surface area contributed by atoms with Gasteiger partial charge in [-0.3, -0.25) is 10.1 Å². The average molecular weight is 522 g/mol. The Labute approximate surface area is 225 Å². The molecule has 1 fully saturated rings. The van der Waals surface area contributed by atoms with E-state index in [0.29, 0.717) is 39.5 Å². The van der Waals surface area contributed by atoms with Gasteiger partial charge in [-0.05, 0) is 56.9 Å². The van der Waals surface area contributed by atoms with Gasteiger partial charge >= 0.3 is 0 Å². The van der Waals surface area contributed by atoms with Crippen molar-refractivity contribution in [2.45, 2.75) is 50.9 Å². The third-order valence-corrected chi connectivity index (χ3v) is 6.79. The molecule has 3 heterocycles. The second-order valence-electron chi connectivity index (χ2n) is 9.29. The topological polar surface area (TPSA) is 168 Å². The molecule has 1 aliphatic carbocycles. The van der Waals surface area contributed by atoms with Gasteiger partial charge in [0.15, 0.2) is 11.9 Å². The van der Waals surface area contributed by atoms with Crippen LogP contribution in [-0.2, 0) is 0 Å². The van der Waals surface area contributed by atoms with E-state index in [1.165, 1.54) is 18.6 Å². The van der Waals surface area contributed by atoms with Crippen molar-refractivity contribution in [3.63, 3.8) is 0 Å². The third-order valence-electron chi connectivity index (χ3n) is 6.79. The number of fused-ring (bicyclic) bond motifs is 1. The number of carbonyl (C=O) groups is 1. The summed E-state index contributed by atoms with van der Waals surface area (Å²) in [4.78, 5) is 25.5. The predicted molar refractivity (Wildman–Crippen MR) is 146 cm³/mol. The number of aliphatic hydroxyl groups is 1. The van der Waals surface area contributed by atoms with Gasteiger partial charge in [-0.15, -0.1) is 5.92 Å². The van der Waals surface area contributed by atoms with Crippen molar-refractivity contribution in [2.24, 2.45) is 0 Å². The fourth-order valence-corrected chi connectivity index (χ4v) is 4.88. The van der Waals surface area contributed by atoms with E-state index in [1.807, 2.05) is 22.9 Å². The van der Waals surface area contributed by atoms with Gasteiger partial charge in [0.1, 0.15) is 23.7 Å². The minimum absolute atomic E-state index is 0.115. The molecular weight excluding hydrogens is 494 g/mol. The quantitative estimate of drug-likeness (QED) is 0.220. The van der Waals surface area contributed by atoms with Gasteiger partial charge in [0.05, 0.1) is 23.1 Å². The summed E-state index contributed by atoms with van der Waals surface area (Å²) >= 11 is 0. The van der Waals surface area contributed by atoms with Gasteiger partial charge < -0.3 is 16.2 Å². The standard InChI is InChI=1S/C28H27N9O2/c1-2-3-23(38)34-20-8-10-21(11-9-20)37-27-24(26(30)32-16-33-27)25(36-37)18-4-6-19(7-5-18)28(39)35-22-14-17(15-29)12-13-31-22/h4-7,12-14,16,20-21,23,34,38H,8-11H2,1H3,(H2,30,32,33)(H,31,35,39). The lowest BCUT2D eigenvalue weighted by atomic mass is 9.91. The van der Waals surface area contributed by atoms with Gasteiger partial charge in [0.2, 0.25) is 0 Å². The highest BCUT2D eigenvalue weighted by molar-refractivity contribution is 6.04. The molecule has 196 valence electrons. The first-order chi connectivity index (χ1) is 19.0. The van der Waals surface area contributed by atoms with Crippen LogP contribution in [0.1, 0.15) is 54.6 Å². The molecule has 4 aromatic rings. The summed E-state index contributed by atoms with van der Waals surface area (Å²) < 4.78 is 1.93. The average Bonchev–Trinajstić information content (AvgIpc) is 3.35. The number of aromatic nitrogens is 5. The van der Waals surface area contributed by atoms with Gasteiger partial charge in [0.25, 0.3) is 5.91 Å². The highest BCUT2D eigenvalue weighted by atomic mass is 16.3. The number of hydrogen-bond donors (Lipinski definition) is 4. The number of nitriles is 1. The smallest absolute Gasteiger partial charge is 0.256 e. The molecule has 1 aliphatic rings. The monoisotopic (exact) mass is 521 g/mol. The number of rotatable bonds is 6. The molecule has 0 aliphatic heterocycles. The third kappa shape index (κ3) is 5.55. The molecule has 0 spiro atoms. The Morgan fingerprint density at radius 3 is 2.64 bits per heavy atom.